The SMILES string of the molecule is Cc1nn(C)c(NCc2ccc(C(F)(F)F)cc2)c1N. The monoisotopic (exact) mass is 284 g/mol. The number of nitrogen functional groups attached to an aromatic ring is 1. The highest BCUT2D eigenvalue weighted by molar-refractivity contribution is 5.64. The molecule has 0 bridgehead atoms. The van der Waals surface area contributed by atoms with Gasteiger partial charge in [-0.15, -0.1) is 0 Å². The zero-order valence-electron chi connectivity index (χ0n) is 11.1. The number of aryl methyl sites for hydroxylation is 2. The molecule has 0 radical (unpaired) electrons. The van der Waals surface area contributed by atoms with Crippen LogP contribution in [-0.2, 0) is 19.8 Å². The van der Waals surface area contributed by atoms with Crippen molar-refractivity contribution in [3.8, 4) is 0 Å². The highest BCUT2D eigenvalue weighted by atomic mass is 19.4. The first-order valence-corrected chi connectivity index (χ1v) is 5.98. The minimum absolute atomic E-state index is 0.376. The van der Waals surface area contributed by atoms with E-state index in [0.717, 1.165) is 17.7 Å². The van der Waals surface area contributed by atoms with Crippen molar-refractivity contribution < 1.29 is 13.2 Å². The van der Waals surface area contributed by atoms with E-state index in [4.69, 9.17) is 5.73 Å². The number of halogens is 3. The molecule has 0 unspecified atom stereocenters. The maximum absolute atomic E-state index is 12.4. The molecule has 0 amide bonds. The number of hydrogen-bond donors (Lipinski definition) is 2. The van der Waals surface area contributed by atoms with Gasteiger partial charge in [0.05, 0.1) is 16.9 Å². The maximum atomic E-state index is 12.4. The summed E-state index contributed by atoms with van der Waals surface area (Å²) >= 11 is 0. The van der Waals surface area contributed by atoms with Crippen LogP contribution in [-0.4, -0.2) is 9.78 Å². The lowest BCUT2D eigenvalue weighted by molar-refractivity contribution is -0.137. The van der Waals surface area contributed by atoms with Crippen molar-refractivity contribution in [1.82, 2.24) is 9.78 Å². The summed E-state index contributed by atoms with van der Waals surface area (Å²) in [7, 11) is 1.75. The zero-order valence-corrected chi connectivity index (χ0v) is 11.1. The van der Waals surface area contributed by atoms with Crippen molar-refractivity contribution in [3.63, 3.8) is 0 Å². The predicted molar refractivity (Wildman–Crippen MR) is 71.1 cm³/mol. The first kappa shape index (κ1) is 14.2. The number of anilines is 2. The van der Waals surface area contributed by atoms with Gasteiger partial charge in [0.15, 0.2) is 0 Å². The van der Waals surface area contributed by atoms with Gasteiger partial charge in [-0.1, -0.05) is 12.1 Å². The molecule has 0 saturated heterocycles. The summed E-state index contributed by atoms with van der Waals surface area (Å²) in [6, 6.07) is 5.01. The van der Waals surface area contributed by atoms with Crippen LogP contribution in [0.4, 0.5) is 24.7 Å². The van der Waals surface area contributed by atoms with Gasteiger partial charge in [-0.05, 0) is 24.6 Å². The number of alkyl halides is 3. The van der Waals surface area contributed by atoms with Gasteiger partial charge in [-0.3, -0.25) is 4.68 Å². The maximum Gasteiger partial charge on any atom is 0.416 e. The summed E-state index contributed by atoms with van der Waals surface area (Å²) in [5.74, 6) is 0.655. The van der Waals surface area contributed by atoms with E-state index in [1.54, 1.807) is 18.7 Å². The van der Waals surface area contributed by atoms with Crippen LogP contribution in [0.3, 0.4) is 0 Å². The molecule has 0 saturated carbocycles. The van der Waals surface area contributed by atoms with Crippen LogP contribution in [0.2, 0.25) is 0 Å². The molecule has 0 aliphatic rings. The molecule has 4 nitrogen and oxygen atoms in total. The molecule has 0 spiro atoms. The molecule has 0 atom stereocenters. The van der Waals surface area contributed by atoms with Crippen LogP contribution in [0.25, 0.3) is 0 Å². The first-order valence-electron chi connectivity index (χ1n) is 5.98. The highest BCUT2D eigenvalue weighted by Gasteiger charge is 2.29. The smallest absolute Gasteiger partial charge is 0.394 e. The fourth-order valence-corrected chi connectivity index (χ4v) is 1.88. The van der Waals surface area contributed by atoms with Crippen LogP contribution < -0.4 is 11.1 Å². The molecule has 0 fully saturated rings. The first-order chi connectivity index (χ1) is 9.29. The average Bonchev–Trinajstić information content (AvgIpc) is 2.61. The minimum Gasteiger partial charge on any atom is -0.394 e. The summed E-state index contributed by atoms with van der Waals surface area (Å²) in [5, 5.41) is 7.22. The molecule has 20 heavy (non-hydrogen) atoms. The van der Waals surface area contributed by atoms with E-state index in [1.807, 2.05) is 0 Å². The van der Waals surface area contributed by atoms with Crippen molar-refractivity contribution in [2.45, 2.75) is 19.6 Å². The second-order valence-corrected chi connectivity index (χ2v) is 4.52. The third-order valence-corrected chi connectivity index (χ3v) is 3.01. The van der Waals surface area contributed by atoms with Crippen molar-refractivity contribution in [1.29, 1.82) is 0 Å². The van der Waals surface area contributed by atoms with Crippen molar-refractivity contribution in [2.75, 3.05) is 11.1 Å². The number of nitrogens with one attached hydrogen (secondary N) is 1. The van der Waals surface area contributed by atoms with Gasteiger partial charge in [0, 0.05) is 13.6 Å². The van der Waals surface area contributed by atoms with Gasteiger partial charge in [0.2, 0.25) is 0 Å². The van der Waals surface area contributed by atoms with Gasteiger partial charge in [0.1, 0.15) is 5.82 Å². The van der Waals surface area contributed by atoms with Gasteiger partial charge in [0.25, 0.3) is 0 Å². The lowest BCUT2D eigenvalue weighted by atomic mass is 10.1. The molecule has 1 heterocycles. The zero-order chi connectivity index (χ0) is 14.9. The van der Waals surface area contributed by atoms with Crippen LogP contribution in [0.1, 0.15) is 16.8 Å². The summed E-state index contributed by atoms with van der Waals surface area (Å²) in [6.07, 6.45) is -4.31. The minimum atomic E-state index is -4.31. The van der Waals surface area contributed by atoms with Crippen molar-refractivity contribution >= 4 is 11.5 Å². The molecule has 1 aromatic heterocycles. The van der Waals surface area contributed by atoms with Crippen LogP contribution in [0.15, 0.2) is 24.3 Å². The fraction of sp³-hybridized carbons (Fsp3) is 0.308. The molecule has 108 valence electrons. The summed E-state index contributed by atoms with van der Waals surface area (Å²) in [6.45, 7) is 2.17. The summed E-state index contributed by atoms with van der Waals surface area (Å²) in [5.41, 5.74) is 7.18. The van der Waals surface area contributed by atoms with E-state index in [1.165, 1.54) is 12.1 Å². The van der Waals surface area contributed by atoms with Crippen LogP contribution in [0.5, 0.6) is 0 Å². The molecule has 0 aliphatic heterocycles. The summed E-state index contributed by atoms with van der Waals surface area (Å²) < 4.78 is 38.9. The van der Waals surface area contributed by atoms with E-state index in [-0.39, 0.29) is 0 Å². The lowest BCUT2D eigenvalue weighted by Gasteiger charge is -2.10. The second-order valence-electron chi connectivity index (χ2n) is 4.52. The Balaban J connectivity index is 2.08. The number of aromatic nitrogens is 2. The normalized spacial score (nSPS) is 11.7. The molecule has 0 aliphatic carbocycles. The standard InChI is InChI=1S/C13H15F3N4/c1-8-11(17)12(20(2)19-8)18-7-9-3-5-10(6-4-9)13(14,15)16/h3-6,18H,7,17H2,1-2H3. The Kier molecular flexibility index (Phi) is 3.61. The average molecular weight is 284 g/mol. The third kappa shape index (κ3) is 2.87. The fourth-order valence-electron chi connectivity index (χ4n) is 1.88. The number of nitrogens with zero attached hydrogens (tertiary/aromatic N) is 2. The highest BCUT2D eigenvalue weighted by Crippen LogP contribution is 2.29. The lowest BCUT2D eigenvalue weighted by Crippen LogP contribution is -2.08. The molecule has 2 aromatic rings. The molecule has 2 rings (SSSR count). The van der Waals surface area contributed by atoms with E-state index in [0.29, 0.717) is 23.7 Å². The number of benzene rings is 1. The molecule has 1 aromatic carbocycles. The van der Waals surface area contributed by atoms with Gasteiger partial charge < -0.3 is 11.1 Å². The van der Waals surface area contributed by atoms with Crippen molar-refractivity contribution in [2.24, 2.45) is 7.05 Å². The number of hydrogen-bond acceptors (Lipinski definition) is 3. The Morgan fingerprint density at radius 3 is 2.30 bits per heavy atom. The van der Waals surface area contributed by atoms with Crippen molar-refractivity contribution in [3.05, 3.63) is 41.1 Å². The summed E-state index contributed by atoms with van der Waals surface area (Å²) in [4.78, 5) is 0. The Hall–Kier alpha value is -2.18. The molecular formula is C13H15F3N4. The van der Waals surface area contributed by atoms with Crippen LogP contribution >= 0.6 is 0 Å². The van der Waals surface area contributed by atoms with Gasteiger partial charge >= 0.3 is 6.18 Å². The Labute approximate surface area is 114 Å². The second kappa shape index (κ2) is 5.07. The number of nitrogens with two attached hydrogens (primary N) is 1. The number of rotatable bonds is 3. The Bertz CT molecular complexity index is 599. The van der Waals surface area contributed by atoms with Crippen LogP contribution in [0, 0.1) is 6.92 Å². The molecular weight excluding hydrogens is 269 g/mol. The van der Waals surface area contributed by atoms with Gasteiger partial charge in [-0.25, -0.2) is 0 Å². The largest absolute Gasteiger partial charge is 0.416 e. The van der Waals surface area contributed by atoms with E-state index < -0.39 is 11.7 Å². The predicted octanol–water partition coefficient (Wildman–Crippen LogP) is 2.94. The Morgan fingerprint density at radius 2 is 1.85 bits per heavy atom. The van der Waals surface area contributed by atoms with E-state index in [9.17, 15) is 13.2 Å². The van der Waals surface area contributed by atoms with E-state index in [2.05, 4.69) is 10.4 Å². The topological polar surface area (TPSA) is 55.9 Å². The molecule has 7 heteroatoms. The van der Waals surface area contributed by atoms with Gasteiger partial charge in [-0.2, -0.15) is 18.3 Å². The third-order valence-electron chi connectivity index (χ3n) is 3.01. The molecule has 3 N–H and O–H groups in total. The quantitative estimate of drug-likeness (QED) is 0.911. The van der Waals surface area contributed by atoms with E-state index >= 15 is 0 Å². The Morgan fingerprint density at radius 1 is 1.25 bits per heavy atom.